The van der Waals surface area contributed by atoms with Crippen molar-refractivity contribution in [1.29, 1.82) is 0 Å². The lowest BCUT2D eigenvalue weighted by atomic mass is 10.0. The van der Waals surface area contributed by atoms with E-state index in [0.717, 1.165) is 25.9 Å². The number of nitrogens with zero attached hydrogens (tertiary/aromatic N) is 2. The van der Waals surface area contributed by atoms with Gasteiger partial charge in [-0.2, -0.15) is 0 Å². The Morgan fingerprint density at radius 3 is 2.81 bits per heavy atom. The van der Waals surface area contributed by atoms with Crippen LogP contribution in [0.4, 0.5) is 0 Å². The number of nitrogens with one attached hydrogen (secondary N) is 1. The van der Waals surface area contributed by atoms with E-state index in [4.69, 9.17) is 0 Å². The Morgan fingerprint density at radius 1 is 1.50 bits per heavy atom. The molecule has 1 N–H and O–H groups in total. The van der Waals surface area contributed by atoms with E-state index >= 15 is 0 Å². The van der Waals surface area contributed by atoms with Crippen LogP contribution in [0.3, 0.4) is 0 Å². The van der Waals surface area contributed by atoms with Gasteiger partial charge in [0.15, 0.2) is 0 Å². The number of hydrogen-bond donors (Lipinski definition) is 1. The van der Waals surface area contributed by atoms with Crippen LogP contribution in [0, 0.1) is 0 Å². The SMILES string of the molecule is CCC1NC(C)N(C2CCCN(C)C2)C1=O. The van der Waals surface area contributed by atoms with Crippen molar-refractivity contribution >= 4 is 5.91 Å². The monoisotopic (exact) mass is 225 g/mol. The predicted octanol–water partition coefficient (Wildman–Crippen LogP) is 0.637. The van der Waals surface area contributed by atoms with E-state index in [9.17, 15) is 4.79 Å². The summed E-state index contributed by atoms with van der Waals surface area (Å²) >= 11 is 0. The smallest absolute Gasteiger partial charge is 0.241 e. The van der Waals surface area contributed by atoms with Crippen molar-refractivity contribution in [3.63, 3.8) is 0 Å². The number of rotatable bonds is 2. The molecule has 0 saturated carbocycles. The average molecular weight is 225 g/mol. The summed E-state index contributed by atoms with van der Waals surface area (Å²) in [5.41, 5.74) is 0. The van der Waals surface area contributed by atoms with Gasteiger partial charge in [0.05, 0.1) is 12.2 Å². The number of piperidine rings is 1. The van der Waals surface area contributed by atoms with Crippen molar-refractivity contribution in [2.45, 2.75) is 51.4 Å². The quantitative estimate of drug-likeness (QED) is 0.749. The predicted molar refractivity (Wildman–Crippen MR) is 64.0 cm³/mol. The average Bonchev–Trinajstić information content (AvgIpc) is 2.53. The first-order chi connectivity index (χ1) is 7.63. The van der Waals surface area contributed by atoms with Gasteiger partial charge in [0.25, 0.3) is 0 Å². The van der Waals surface area contributed by atoms with Crippen molar-refractivity contribution in [2.24, 2.45) is 0 Å². The lowest BCUT2D eigenvalue weighted by molar-refractivity contribution is -0.133. The minimum Gasteiger partial charge on any atom is -0.322 e. The molecule has 0 aromatic rings. The topological polar surface area (TPSA) is 35.6 Å². The number of carbonyl (C=O) groups excluding carboxylic acids is 1. The minimum absolute atomic E-state index is 0.0437. The number of likely N-dealkylation sites (N-methyl/N-ethyl adjacent to an activating group) is 1. The molecule has 2 rings (SSSR count). The summed E-state index contributed by atoms with van der Waals surface area (Å²) < 4.78 is 0. The summed E-state index contributed by atoms with van der Waals surface area (Å²) in [4.78, 5) is 16.6. The molecule has 0 bridgehead atoms. The van der Waals surface area contributed by atoms with Gasteiger partial charge in [-0.05, 0) is 39.8 Å². The molecule has 1 amide bonds. The summed E-state index contributed by atoms with van der Waals surface area (Å²) in [6.07, 6.45) is 3.45. The first-order valence-corrected chi connectivity index (χ1v) is 6.40. The van der Waals surface area contributed by atoms with Crippen molar-refractivity contribution < 1.29 is 4.79 Å². The second-order valence-corrected chi connectivity index (χ2v) is 5.11. The summed E-state index contributed by atoms with van der Waals surface area (Å²) in [6, 6.07) is 0.451. The zero-order chi connectivity index (χ0) is 11.7. The maximum absolute atomic E-state index is 12.2. The zero-order valence-corrected chi connectivity index (χ0v) is 10.6. The van der Waals surface area contributed by atoms with Crippen LogP contribution < -0.4 is 5.32 Å². The Bertz CT molecular complexity index is 269. The molecule has 2 fully saturated rings. The highest BCUT2D eigenvalue weighted by Gasteiger charge is 2.40. The fraction of sp³-hybridized carbons (Fsp3) is 0.917. The van der Waals surface area contributed by atoms with Crippen LogP contribution in [0.1, 0.15) is 33.1 Å². The van der Waals surface area contributed by atoms with Gasteiger partial charge in [-0.15, -0.1) is 0 Å². The molecule has 4 nitrogen and oxygen atoms in total. The Kier molecular flexibility index (Phi) is 3.50. The molecule has 0 radical (unpaired) electrons. The molecule has 2 aliphatic heterocycles. The van der Waals surface area contributed by atoms with Crippen LogP contribution in [0.25, 0.3) is 0 Å². The lowest BCUT2D eigenvalue weighted by Crippen LogP contribution is -2.50. The second kappa shape index (κ2) is 4.72. The van der Waals surface area contributed by atoms with Gasteiger partial charge in [-0.1, -0.05) is 6.92 Å². The highest BCUT2D eigenvalue weighted by Crippen LogP contribution is 2.22. The fourth-order valence-corrected chi connectivity index (χ4v) is 2.97. The number of carbonyl (C=O) groups is 1. The van der Waals surface area contributed by atoms with Crippen molar-refractivity contribution in [1.82, 2.24) is 15.1 Å². The standard InChI is InChI=1S/C12H23N3O/c1-4-11-12(16)15(9(2)13-11)10-6-5-7-14(3)8-10/h9-11,13H,4-8H2,1-3H3. The summed E-state index contributed by atoms with van der Waals surface area (Å²) in [7, 11) is 2.14. The third-order valence-corrected chi connectivity index (χ3v) is 3.81. The maximum Gasteiger partial charge on any atom is 0.241 e. The molecule has 2 aliphatic rings. The molecule has 92 valence electrons. The molecule has 16 heavy (non-hydrogen) atoms. The Hall–Kier alpha value is -0.610. The molecule has 0 spiro atoms. The summed E-state index contributed by atoms with van der Waals surface area (Å²) in [5.74, 6) is 0.301. The van der Waals surface area contributed by atoms with Crippen LogP contribution in [-0.2, 0) is 4.79 Å². The molecule has 0 aromatic carbocycles. The third-order valence-electron chi connectivity index (χ3n) is 3.81. The van der Waals surface area contributed by atoms with Gasteiger partial charge in [0, 0.05) is 12.6 Å². The van der Waals surface area contributed by atoms with Gasteiger partial charge in [-0.3, -0.25) is 10.1 Å². The zero-order valence-electron chi connectivity index (χ0n) is 10.6. The van der Waals surface area contributed by atoms with E-state index in [1.165, 1.54) is 6.42 Å². The normalized spacial score (nSPS) is 37.1. The van der Waals surface area contributed by atoms with Crippen molar-refractivity contribution in [3.8, 4) is 0 Å². The highest BCUT2D eigenvalue weighted by atomic mass is 16.2. The number of hydrogen-bond acceptors (Lipinski definition) is 3. The van der Waals surface area contributed by atoms with E-state index in [1.807, 2.05) is 0 Å². The molecular formula is C12H23N3O. The molecule has 2 saturated heterocycles. The molecule has 0 aromatic heterocycles. The van der Waals surface area contributed by atoms with E-state index < -0.39 is 0 Å². The van der Waals surface area contributed by atoms with E-state index in [0.29, 0.717) is 11.9 Å². The maximum atomic E-state index is 12.2. The van der Waals surface area contributed by atoms with Crippen LogP contribution in [0.2, 0.25) is 0 Å². The summed E-state index contributed by atoms with van der Waals surface area (Å²) in [5, 5.41) is 3.37. The van der Waals surface area contributed by atoms with Gasteiger partial charge in [-0.25, -0.2) is 0 Å². The molecule has 4 heteroatoms. The number of likely N-dealkylation sites (tertiary alicyclic amines) is 1. The lowest BCUT2D eigenvalue weighted by Gasteiger charge is -2.37. The first kappa shape index (κ1) is 11.9. The minimum atomic E-state index is 0.0437. The van der Waals surface area contributed by atoms with Gasteiger partial charge in [0.1, 0.15) is 0 Å². The van der Waals surface area contributed by atoms with Crippen molar-refractivity contribution in [2.75, 3.05) is 20.1 Å². The molecule has 3 unspecified atom stereocenters. The van der Waals surface area contributed by atoms with Crippen LogP contribution in [0.15, 0.2) is 0 Å². The molecule has 2 heterocycles. The highest BCUT2D eigenvalue weighted by molar-refractivity contribution is 5.84. The Labute approximate surface area is 98.0 Å². The number of amides is 1. The third kappa shape index (κ3) is 2.09. The Morgan fingerprint density at radius 2 is 2.25 bits per heavy atom. The first-order valence-electron chi connectivity index (χ1n) is 6.40. The largest absolute Gasteiger partial charge is 0.322 e. The van der Waals surface area contributed by atoms with Gasteiger partial charge >= 0.3 is 0 Å². The van der Waals surface area contributed by atoms with E-state index in [-0.39, 0.29) is 12.2 Å². The van der Waals surface area contributed by atoms with E-state index in [1.54, 1.807) is 0 Å². The van der Waals surface area contributed by atoms with Crippen LogP contribution in [0.5, 0.6) is 0 Å². The Balaban J connectivity index is 2.05. The summed E-state index contributed by atoms with van der Waals surface area (Å²) in [6.45, 7) is 6.35. The van der Waals surface area contributed by atoms with Gasteiger partial charge < -0.3 is 9.80 Å². The van der Waals surface area contributed by atoms with Crippen molar-refractivity contribution in [3.05, 3.63) is 0 Å². The fourth-order valence-electron chi connectivity index (χ4n) is 2.97. The molecular weight excluding hydrogens is 202 g/mol. The molecule has 0 aliphatic carbocycles. The molecule has 3 atom stereocenters. The van der Waals surface area contributed by atoms with Crippen LogP contribution >= 0.6 is 0 Å². The van der Waals surface area contributed by atoms with E-state index in [2.05, 4.69) is 36.0 Å². The van der Waals surface area contributed by atoms with Gasteiger partial charge in [0.2, 0.25) is 5.91 Å². The van der Waals surface area contributed by atoms with Crippen LogP contribution in [-0.4, -0.2) is 54.1 Å². The second-order valence-electron chi connectivity index (χ2n) is 5.11.